The predicted molar refractivity (Wildman–Crippen MR) is 93.3 cm³/mol. The van der Waals surface area contributed by atoms with Crippen LogP contribution in [0.1, 0.15) is 38.2 Å². The molecule has 0 saturated carbocycles. The molecule has 136 valence electrons. The largest absolute Gasteiger partial charge is 0.464 e. The quantitative estimate of drug-likeness (QED) is 0.810. The average Bonchev–Trinajstić information content (AvgIpc) is 2.83. The first-order valence-corrected chi connectivity index (χ1v) is 9.87. The first-order chi connectivity index (χ1) is 12.0. The van der Waals surface area contributed by atoms with Crippen molar-refractivity contribution in [1.82, 2.24) is 5.32 Å². The number of esters is 1. The Morgan fingerprint density at radius 2 is 1.80 bits per heavy atom. The molecule has 2 heterocycles. The Balaban J connectivity index is 1.69. The third-order valence-electron chi connectivity index (χ3n) is 4.84. The van der Waals surface area contributed by atoms with E-state index < -0.39 is 28.4 Å². The molecular formula is C18H23NO5S. The van der Waals surface area contributed by atoms with Crippen molar-refractivity contribution in [3.05, 3.63) is 35.9 Å². The van der Waals surface area contributed by atoms with Gasteiger partial charge in [0.2, 0.25) is 0 Å². The van der Waals surface area contributed by atoms with Gasteiger partial charge in [-0.15, -0.1) is 0 Å². The summed E-state index contributed by atoms with van der Waals surface area (Å²) in [6, 6.07) is 9.34. The number of hydrogen-bond acceptors (Lipinski definition) is 5. The normalized spacial score (nSPS) is 30.5. The zero-order chi connectivity index (χ0) is 17.9. The second-order valence-electron chi connectivity index (χ2n) is 6.55. The first kappa shape index (κ1) is 17.9. The average molecular weight is 365 g/mol. The number of carbonyl (C=O) groups is 2. The Morgan fingerprint density at radius 3 is 2.40 bits per heavy atom. The van der Waals surface area contributed by atoms with Crippen molar-refractivity contribution >= 4 is 22.9 Å². The standard InChI is InChI=1S/C18H23NO5S/c1-2-23-16(20)18(10-14-8-9-15(11-18)25(14)22)19-17(21)24-12-13-6-4-3-5-7-13/h3-7,14-15H,2,8-12H2,1H3,(H,19,21). The maximum atomic E-state index is 12.6. The van der Waals surface area contributed by atoms with Crippen molar-refractivity contribution in [2.75, 3.05) is 6.61 Å². The summed E-state index contributed by atoms with van der Waals surface area (Å²) in [5.74, 6) is -0.458. The van der Waals surface area contributed by atoms with E-state index in [0.717, 1.165) is 18.4 Å². The van der Waals surface area contributed by atoms with Gasteiger partial charge in [-0.3, -0.25) is 4.21 Å². The molecule has 1 aromatic carbocycles. The van der Waals surface area contributed by atoms with Gasteiger partial charge in [0.25, 0.3) is 0 Å². The van der Waals surface area contributed by atoms with Crippen LogP contribution >= 0.6 is 0 Å². The highest BCUT2D eigenvalue weighted by Gasteiger charge is 2.54. The zero-order valence-corrected chi connectivity index (χ0v) is 15.1. The molecule has 0 aliphatic carbocycles. The van der Waals surface area contributed by atoms with E-state index in [1.165, 1.54) is 0 Å². The Bertz CT molecular complexity index is 647. The molecule has 2 bridgehead atoms. The zero-order valence-electron chi connectivity index (χ0n) is 14.2. The molecule has 2 aliphatic rings. The van der Waals surface area contributed by atoms with Crippen molar-refractivity contribution in [3.8, 4) is 0 Å². The topological polar surface area (TPSA) is 81.7 Å². The smallest absolute Gasteiger partial charge is 0.408 e. The van der Waals surface area contributed by atoms with Gasteiger partial charge in [-0.25, -0.2) is 9.59 Å². The van der Waals surface area contributed by atoms with E-state index >= 15 is 0 Å². The minimum atomic E-state index is -1.14. The summed E-state index contributed by atoms with van der Waals surface area (Å²) in [6.07, 6.45) is 1.67. The third-order valence-corrected chi connectivity index (χ3v) is 6.96. The molecule has 6 nitrogen and oxygen atoms in total. The lowest BCUT2D eigenvalue weighted by Gasteiger charge is -2.38. The van der Waals surface area contributed by atoms with Gasteiger partial charge >= 0.3 is 12.1 Å². The molecule has 1 amide bonds. The van der Waals surface area contributed by atoms with Gasteiger partial charge in [-0.1, -0.05) is 30.3 Å². The monoisotopic (exact) mass is 365 g/mol. The number of nitrogens with one attached hydrogen (secondary N) is 1. The third kappa shape index (κ3) is 3.86. The molecule has 1 N–H and O–H groups in total. The van der Waals surface area contributed by atoms with Gasteiger partial charge < -0.3 is 14.8 Å². The van der Waals surface area contributed by atoms with Crippen LogP contribution in [0.25, 0.3) is 0 Å². The fraction of sp³-hybridized carbons (Fsp3) is 0.556. The van der Waals surface area contributed by atoms with Crippen LogP contribution in [0.4, 0.5) is 4.79 Å². The Labute approximate surface area is 149 Å². The minimum absolute atomic E-state index is 0.0717. The number of amides is 1. The van der Waals surface area contributed by atoms with Gasteiger partial charge in [0.05, 0.1) is 6.61 Å². The summed E-state index contributed by atoms with van der Waals surface area (Å²) >= 11 is 0. The molecular weight excluding hydrogens is 342 g/mol. The van der Waals surface area contributed by atoms with Crippen LogP contribution in [0.5, 0.6) is 0 Å². The maximum Gasteiger partial charge on any atom is 0.408 e. The summed E-state index contributed by atoms with van der Waals surface area (Å²) in [6.45, 7) is 2.10. The lowest BCUT2D eigenvalue weighted by atomic mass is 9.89. The van der Waals surface area contributed by atoms with Crippen molar-refractivity contribution in [3.63, 3.8) is 0 Å². The molecule has 25 heavy (non-hydrogen) atoms. The minimum Gasteiger partial charge on any atom is -0.464 e. The molecule has 2 fully saturated rings. The van der Waals surface area contributed by atoms with Crippen LogP contribution in [0.3, 0.4) is 0 Å². The highest BCUT2D eigenvalue weighted by Crippen LogP contribution is 2.41. The number of ether oxygens (including phenoxy) is 2. The number of rotatable bonds is 5. The molecule has 2 saturated heterocycles. The maximum absolute atomic E-state index is 12.6. The predicted octanol–water partition coefficient (Wildman–Crippen LogP) is 2.29. The van der Waals surface area contributed by atoms with E-state index in [4.69, 9.17) is 9.47 Å². The molecule has 7 heteroatoms. The van der Waals surface area contributed by atoms with Crippen LogP contribution in [-0.4, -0.2) is 38.9 Å². The number of hydrogen-bond donors (Lipinski definition) is 1. The molecule has 2 aliphatic heterocycles. The van der Waals surface area contributed by atoms with Crippen molar-refractivity contribution < 1.29 is 23.3 Å². The molecule has 0 spiro atoms. The second kappa shape index (κ2) is 7.56. The van der Waals surface area contributed by atoms with Crippen LogP contribution in [-0.2, 0) is 31.7 Å². The van der Waals surface area contributed by atoms with Gasteiger partial charge in [0.1, 0.15) is 12.1 Å². The van der Waals surface area contributed by atoms with Gasteiger partial charge in [-0.2, -0.15) is 0 Å². The van der Waals surface area contributed by atoms with E-state index in [9.17, 15) is 13.8 Å². The molecule has 2 atom stereocenters. The lowest BCUT2D eigenvalue weighted by Crippen LogP contribution is -2.60. The van der Waals surface area contributed by atoms with E-state index in [2.05, 4.69) is 5.32 Å². The fourth-order valence-corrected chi connectivity index (χ4v) is 5.83. The second-order valence-corrected chi connectivity index (χ2v) is 8.54. The summed E-state index contributed by atoms with van der Waals surface area (Å²) in [7, 11) is -0.934. The lowest BCUT2D eigenvalue weighted by molar-refractivity contribution is -0.151. The Morgan fingerprint density at radius 1 is 1.16 bits per heavy atom. The van der Waals surface area contributed by atoms with E-state index in [-0.39, 0.29) is 23.7 Å². The van der Waals surface area contributed by atoms with Gasteiger partial charge in [0, 0.05) is 21.3 Å². The van der Waals surface area contributed by atoms with E-state index in [1.54, 1.807) is 6.92 Å². The number of benzene rings is 1. The van der Waals surface area contributed by atoms with Crippen LogP contribution < -0.4 is 5.32 Å². The highest BCUT2D eigenvalue weighted by atomic mass is 32.2. The summed E-state index contributed by atoms with van der Waals surface area (Å²) in [5.41, 5.74) is -0.267. The van der Waals surface area contributed by atoms with E-state index in [0.29, 0.717) is 12.8 Å². The molecule has 0 aromatic heterocycles. The molecule has 2 unspecified atom stereocenters. The summed E-state index contributed by atoms with van der Waals surface area (Å²) < 4.78 is 22.7. The molecule has 1 aromatic rings. The molecule has 3 rings (SSSR count). The SMILES string of the molecule is CCOC(=O)C1(NC(=O)OCc2ccccc2)CC2CCC(C1)S2=O. The van der Waals surface area contributed by atoms with Crippen molar-refractivity contribution in [2.45, 2.75) is 55.3 Å². The number of carbonyl (C=O) groups excluding carboxylic acids is 2. The Hall–Kier alpha value is -1.89. The van der Waals surface area contributed by atoms with Gasteiger partial charge in [-0.05, 0) is 38.2 Å². The number of alkyl carbamates (subject to hydrolysis) is 1. The highest BCUT2D eigenvalue weighted by molar-refractivity contribution is 7.86. The molecule has 0 radical (unpaired) electrons. The van der Waals surface area contributed by atoms with Crippen molar-refractivity contribution in [1.29, 1.82) is 0 Å². The summed E-state index contributed by atoms with van der Waals surface area (Å²) in [5, 5.41) is 2.60. The Kier molecular flexibility index (Phi) is 5.42. The van der Waals surface area contributed by atoms with Gasteiger partial charge in [0.15, 0.2) is 0 Å². The van der Waals surface area contributed by atoms with Crippen molar-refractivity contribution in [2.24, 2.45) is 0 Å². The fourth-order valence-electron chi connectivity index (χ4n) is 3.65. The number of fused-ring (bicyclic) bond motifs is 2. The summed E-state index contributed by atoms with van der Waals surface area (Å²) in [4.78, 5) is 24.9. The first-order valence-electron chi connectivity index (χ1n) is 8.59. The van der Waals surface area contributed by atoms with Crippen LogP contribution in [0.15, 0.2) is 30.3 Å². The van der Waals surface area contributed by atoms with Crippen LogP contribution in [0.2, 0.25) is 0 Å². The van der Waals surface area contributed by atoms with Crippen LogP contribution in [0, 0.1) is 0 Å². The van der Waals surface area contributed by atoms with E-state index in [1.807, 2.05) is 30.3 Å².